The van der Waals surface area contributed by atoms with Gasteiger partial charge in [0.2, 0.25) is 5.13 Å². The molecule has 0 radical (unpaired) electrons. The number of hydrogen-bond donors (Lipinski definition) is 1. The molecular weight excluding hydrogens is 250 g/mol. The molecular formula is C12H23N3S2. The van der Waals surface area contributed by atoms with Gasteiger partial charge < -0.3 is 5.32 Å². The topological polar surface area (TPSA) is 37.8 Å². The van der Waals surface area contributed by atoms with Gasteiger partial charge in [0, 0.05) is 24.0 Å². The lowest BCUT2D eigenvalue weighted by atomic mass is 10.2. The van der Waals surface area contributed by atoms with Crippen LogP contribution in [-0.2, 0) is 0 Å². The molecule has 1 aromatic rings. The van der Waals surface area contributed by atoms with Crippen LogP contribution in [0.15, 0.2) is 0 Å². The zero-order valence-corrected chi connectivity index (χ0v) is 12.7. The van der Waals surface area contributed by atoms with Gasteiger partial charge in [-0.2, -0.15) is 16.1 Å². The molecule has 1 rings (SSSR count). The molecule has 0 aromatic carbocycles. The Bertz CT molecular complexity index is 300. The number of hydrogen-bond acceptors (Lipinski definition) is 5. The van der Waals surface area contributed by atoms with E-state index in [0.29, 0.717) is 5.92 Å². The van der Waals surface area contributed by atoms with Crippen LogP contribution in [0.25, 0.3) is 0 Å². The number of anilines is 1. The first-order valence-corrected chi connectivity index (χ1v) is 8.47. The van der Waals surface area contributed by atoms with Crippen molar-refractivity contribution in [2.24, 2.45) is 0 Å². The SMILES string of the molecule is CSCCCCCCNc1nc(C(C)C)ns1. The summed E-state index contributed by atoms with van der Waals surface area (Å²) in [6.07, 6.45) is 7.39. The van der Waals surface area contributed by atoms with Crippen LogP contribution >= 0.6 is 23.3 Å². The summed E-state index contributed by atoms with van der Waals surface area (Å²) < 4.78 is 4.32. The molecule has 1 N–H and O–H groups in total. The first-order valence-electron chi connectivity index (χ1n) is 6.30. The van der Waals surface area contributed by atoms with Crippen molar-refractivity contribution in [3.8, 4) is 0 Å². The van der Waals surface area contributed by atoms with Crippen molar-refractivity contribution in [3.05, 3.63) is 5.82 Å². The predicted molar refractivity (Wildman–Crippen MR) is 79.3 cm³/mol. The Morgan fingerprint density at radius 3 is 2.65 bits per heavy atom. The van der Waals surface area contributed by atoms with Crippen LogP contribution in [0.5, 0.6) is 0 Å². The van der Waals surface area contributed by atoms with Gasteiger partial charge in [0.1, 0.15) is 5.82 Å². The lowest BCUT2D eigenvalue weighted by Gasteiger charge is -2.02. The summed E-state index contributed by atoms with van der Waals surface area (Å²) in [5, 5.41) is 4.32. The zero-order valence-electron chi connectivity index (χ0n) is 11.0. The van der Waals surface area contributed by atoms with Crippen LogP contribution in [0, 0.1) is 0 Å². The Morgan fingerprint density at radius 1 is 1.24 bits per heavy atom. The fourth-order valence-electron chi connectivity index (χ4n) is 1.46. The van der Waals surface area contributed by atoms with Crippen LogP contribution in [0.3, 0.4) is 0 Å². The highest BCUT2D eigenvalue weighted by Gasteiger charge is 2.06. The smallest absolute Gasteiger partial charge is 0.202 e. The van der Waals surface area contributed by atoms with Gasteiger partial charge in [-0.25, -0.2) is 4.98 Å². The average molecular weight is 273 g/mol. The predicted octanol–water partition coefficient (Wildman–Crippen LogP) is 4.00. The number of rotatable bonds is 9. The minimum Gasteiger partial charge on any atom is -0.360 e. The number of aromatic nitrogens is 2. The number of unbranched alkanes of at least 4 members (excludes halogenated alkanes) is 3. The van der Waals surface area contributed by atoms with Gasteiger partial charge in [-0.1, -0.05) is 26.7 Å². The van der Waals surface area contributed by atoms with Gasteiger partial charge in [0.05, 0.1) is 0 Å². The van der Waals surface area contributed by atoms with Gasteiger partial charge in [0.15, 0.2) is 0 Å². The van der Waals surface area contributed by atoms with E-state index in [1.165, 1.54) is 43.0 Å². The van der Waals surface area contributed by atoms with Crippen molar-refractivity contribution in [3.63, 3.8) is 0 Å². The molecule has 0 amide bonds. The molecule has 0 aliphatic rings. The van der Waals surface area contributed by atoms with Crippen molar-refractivity contribution in [1.82, 2.24) is 9.36 Å². The summed E-state index contributed by atoms with van der Waals surface area (Å²) in [5.41, 5.74) is 0. The molecule has 0 saturated heterocycles. The van der Waals surface area contributed by atoms with E-state index in [-0.39, 0.29) is 0 Å². The first-order chi connectivity index (χ1) is 8.24. The normalized spacial score (nSPS) is 11.1. The van der Waals surface area contributed by atoms with E-state index in [1.807, 2.05) is 11.8 Å². The Balaban J connectivity index is 2.05. The molecule has 5 heteroatoms. The molecule has 0 fully saturated rings. The summed E-state index contributed by atoms with van der Waals surface area (Å²) in [7, 11) is 0. The monoisotopic (exact) mass is 273 g/mol. The molecule has 0 saturated carbocycles. The van der Waals surface area contributed by atoms with E-state index < -0.39 is 0 Å². The Kier molecular flexibility index (Phi) is 7.60. The van der Waals surface area contributed by atoms with E-state index in [9.17, 15) is 0 Å². The minimum absolute atomic E-state index is 0.424. The summed E-state index contributed by atoms with van der Waals surface area (Å²) in [5.74, 6) is 2.67. The van der Waals surface area contributed by atoms with Crippen molar-refractivity contribution < 1.29 is 0 Å². The molecule has 0 atom stereocenters. The molecule has 0 unspecified atom stereocenters. The van der Waals surface area contributed by atoms with Crippen molar-refractivity contribution >= 4 is 28.4 Å². The second-order valence-electron chi connectivity index (χ2n) is 4.45. The molecule has 3 nitrogen and oxygen atoms in total. The van der Waals surface area contributed by atoms with Crippen LogP contribution < -0.4 is 5.32 Å². The third kappa shape index (κ3) is 6.27. The second-order valence-corrected chi connectivity index (χ2v) is 6.18. The van der Waals surface area contributed by atoms with Gasteiger partial charge >= 0.3 is 0 Å². The maximum absolute atomic E-state index is 4.45. The molecule has 98 valence electrons. The average Bonchev–Trinajstić information content (AvgIpc) is 2.77. The third-order valence-electron chi connectivity index (χ3n) is 2.51. The fourth-order valence-corrected chi connectivity index (χ4v) is 2.69. The highest BCUT2D eigenvalue weighted by Crippen LogP contribution is 2.17. The standard InChI is InChI=1S/C12H23N3S2/c1-10(2)11-14-12(17-15-11)13-8-6-4-5-7-9-16-3/h10H,4-9H2,1-3H3,(H,13,14,15). The Labute approximate surface area is 113 Å². The molecule has 1 aromatic heterocycles. The number of thioether (sulfide) groups is 1. The molecule has 17 heavy (non-hydrogen) atoms. The first kappa shape index (κ1) is 14.8. The lowest BCUT2D eigenvalue weighted by molar-refractivity contribution is 0.688. The van der Waals surface area contributed by atoms with E-state index >= 15 is 0 Å². The lowest BCUT2D eigenvalue weighted by Crippen LogP contribution is -2.01. The Hall–Kier alpha value is -0.290. The van der Waals surface area contributed by atoms with E-state index in [2.05, 4.69) is 34.8 Å². The van der Waals surface area contributed by atoms with Crippen LogP contribution in [0.1, 0.15) is 51.3 Å². The van der Waals surface area contributed by atoms with Crippen molar-refractivity contribution in [2.75, 3.05) is 23.9 Å². The highest BCUT2D eigenvalue weighted by molar-refractivity contribution is 7.98. The maximum Gasteiger partial charge on any atom is 0.202 e. The van der Waals surface area contributed by atoms with Gasteiger partial charge in [-0.3, -0.25) is 0 Å². The summed E-state index contributed by atoms with van der Waals surface area (Å²) in [4.78, 5) is 4.45. The largest absolute Gasteiger partial charge is 0.360 e. The van der Waals surface area contributed by atoms with Crippen LogP contribution in [0.4, 0.5) is 5.13 Å². The quantitative estimate of drug-likeness (QED) is 0.690. The Morgan fingerprint density at radius 2 is 2.00 bits per heavy atom. The third-order valence-corrected chi connectivity index (χ3v) is 3.89. The van der Waals surface area contributed by atoms with E-state index in [1.54, 1.807) is 0 Å². The number of nitrogens with one attached hydrogen (secondary N) is 1. The van der Waals surface area contributed by atoms with Gasteiger partial charge in [-0.05, 0) is 24.9 Å². The van der Waals surface area contributed by atoms with Crippen LogP contribution in [-0.4, -0.2) is 27.9 Å². The van der Waals surface area contributed by atoms with Gasteiger partial charge in [0.25, 0.3) is 0 Å². The summed E-state index contributed by atoms with van der Waals surface area (Å²) >= 11 is 3.41. The molecule has 0 aliphatic heterocycles. The molecule has 0 aliphatic carbocycles. The van der Waals surface area contributed by atoms with Gasteiger partial charge in [-0.15, -0.1) is 0 Å². The minimum atomic E-state index is 0.424. The molecule has 0 spiro atoms. The summed E-state index contributed by atoms with van der Waals surface area (Å²) in [6.45, 7) is 5.27. The molecule has 0 bridgehead atoms. The zero-order chi connectivity index (χ0) is 12.5. The number of nitrogens with zero attached hydrogens (tertiary/aromatic N) is 2. The van der Waals surface area contributed by atoms with Crippen LogP contribution in [0.2, 0.25) is 0 Å². The van der Waals surface area contributed by atoms with E-state index in [0.717, 1.165) is 17.5 Å². The summed E-state index contributed by atoms with van der Waals surface area (Å²) in [6, 6.07) is 0. The van der Waals surface area contributed by atoms with Crippen molar-refractivity contribution in [1.29, 1.82) is 0 Å². The fraction of sp³-hybridized carbons (Fsp3) is 0.833. The van der Waals surface area contributed by atoms with E-state index in [4.69, 9.17) is 0 Å². The molecule has 1 heterocycles. The van der Waals surface area contributed by atoms with Crippen molar-refractivity contribution in [2.45, 2.75) is 45.4 Å². The second kappa shape index (κ2) is 8.75. The highest BCUT2D eigenvalue weighted by atomic mass is 32.2. The maximum atomic E-state index is 4.45.